The fraction of sp³-hybridized carbons (Fsp3) is 0.667. The molecule has 0 aliphatic carbocycles. The molecule has 0 aliphatic rings. The molecule has 1 aromatic heterocycles. The number of ether oxygens (including phenoxy) is 1. The van der Waals surface area contributed by atoms with Crippen LogP contribution in [0, 0.1) is 0 Å². The maximum absolute atomic E-state index is 12.1. The van der Waals surface area contributed by atoms with E-state index in [1.54, 1.807) is 11.5 Å². The zero-order chi connectivity index (χ0) is 14.6. The molecule has 1 atom stereocenters. The van der Waals surface area contributed by atoms with Gasteiger partial charge in [0.1, 0.15) is 0 Å². The van der Waals surface area contributed by atoms with Crippen LogP contribution in [-0.2, 0) is 21.4 Å². The zero-order valence-corrected chi connectivity index (χ0v) is 12.6. The molecule has 1 heterocycles. The number of aliphatic hydroxyl groups is 1. The van der Waals surface area contributed by atoms with Crippen molar-refractivity contribution in [2.75, 3.05) is 13.7 Å². The Hall–Kier alpha value is -0.890. The molecular weight excluding hydrogens is 268 g/mol. The Bertz CT molecular complexity index is 508. The van der Waals surface area contributed by atoms with Crippen molar-refractivity contribution >= 4 is 10.0 Å². The lowest BCUT2D eigenvalue weighted by atomic mass is 10.3. The summed E-state index contributed by atoms with van der Waals surface area (Å²) in [5.41, 5.74) is 0.579. The topological polar surface area (TPSA) is 80.6 Å². The van der Waals surface area contributed by atoms with Crippen LogP contribution in [0.1, 0.15) is 32.5 Å². The number of methoxy groups -OCH3 is 1. The second kappa shape index (κ2) is 6.51. The molecule has 0 saturated carbocycles. The van der Waals surface area contributed by atoms with E-state index in [1.165, 1.54) is 19.4 Å². The van der Waals surface area contributed by atoms with Crippen LogP contribution in [0.5, 0.6) is 0 Å². The first-order valence-electron chi connectivity index (χ1n) is 6.16. The van der Waals surface area contributed by atoms with Crippen molar-refractivity contribution in [1.29, 1.82) is 0 Å². The Kier molecular flexibility index (Phi) is 5.54. The SMILES string of the molecule is COC(C)CNS(=O)(=O)c1cc(CO)n(C(C)C)c1. The average Bonchev–Trinajstić information content (AvgIpc) is 2.81. The Morgan fingerprint density at radius 3 is 2.47 bits per heavy atom. The molecule has 1 unspecified atom stereocenters. The summed E-state index contributed by atoms with van der Waals surface area (Å²) in [5, 5.41) is 9.25. The normalized spacial score (nSPS) is 14.0. The van der Waals surface area contributed by atoms with Gasteiger partial charge in [-0.3, -0.25) is 0 Å². The minimum absolute atomic E-state index is 0.0870. The number of sulfonamides is 1. The van der Waals surface area contributed by atoms with E-state index >= 15 is 0 Å². The van der Waals surface area contributed by atoms with Crippen LogP contribution in [-0.4, -0.2) is 37.8 Å². The first-order chi connectivity index (χ1) is 8.81. The first kappa shape index (κ1) is 16.2. The highest BCUT2D eigenvalue weighted by atomic mass is 32.2. The number of aromatic nitrogens is 1. The predicted octanol–water partition coefficient (Wildman–Crippen LogP) is 0.874. The Labute approximate surface area is 114 Å². The summed E-state index contributed by atoms with van der Waals surface area (Å²) >= 11 is 0. The number of nitrogens with one attached hydrogen (secondary N) is 1. The van der Waals surface area contributed by atoms with Crippen molar-refractivity contribution in [3.05, 3.63) is 18.0 Å². The fourth-order valence-electron chi connectivity index (χ4n) is 1.64. The molecule has 0 radical (unpaired) electrons. The molecule has 19 heavy (non-hydrogen) atoms. The van der Waals surface area contributed by atoms with Gasteiger partial charge in [0, 0.05) is 31.6 Å². The molecule has 6 nitrogen and oxygen atoms in total. The van der Waals surface area contributed by atoms with Crippen LogP contribution in [0.3, 0.4) is 0 Å². The van der Waals surface area contributed by atoms with Crippen LogP contribution < -0.4 is 4.72 Å². The van der Waals surface area contributed by atoms with Crippen molar-refractivity contribution in [3.63, 3.8) is 0 Å². The third-order valence-electron chi connectivity index (χ3n) is 2.90. The molecule has 1 rings (SSSR count). The summed E-state index contributed by atoms with van der Waals surface area (Å²) in [6, 6.07) is 1.57. The van der Waals surface area contributed by atoms with Crippen LogP contribution in [0.15, 0.2) is 17.2 Å². The number of rotatable bonds is 7. The lowest BCUT2D eigenvalue weighted by Crippen LogP contribution is -2.31. The molecule has 0 saturated heterocycles. The van der Waals surface area contributed by atoms with E-state index in [0.717, 1.165) is 0 Å². The first-order valence-corrected chi connectivity index (χ1v) is 7.64. The standard InChI is InChI=1S/C12H22N2O4S/c1-9(2)14-7-12(5-11(14)8-15)19(16,17)13-6-10(3)18-4/h5,7,9-10,13,15H,6,8H2,1-4H3. The number of aliphatic hydroxyl groups excluding tert-OH is 1. The Morgan fingerprint density at radius 1 is 1.42 bits per heavy atom. The van der Waals surface area contributed by atoms with Crippen molar-refractivity contribution < 1.29 is 18.3 Å². The molecule has 0 bridgehead atoms. The lowest BCUT2D eigenvalue weighted by molar-refractivity contribution is 0.122. The molecule has 0 aliphatic heterocycles. The maximum Gasteiger partial charge on any atom is 0.242 e. The second-order valence-electron chi connectivity index (χ2n) is 4.72. The molecule has 0 amide bonds. The van der Waals surface area contributed by atoms with Gasteiger partial charge in [0.25, 0.3) is 0 Å². The minimum atomic E-state index is -3.57. The van der Waals surface area contributed by atoms with E-state index in [-0.39, 0.29) is 30.2 Å². The van der Waals surface area contributed by atoms with Gasteiger partial charge in [0.2, 0.25) is 10.0 Å². The molecule has 1 aromatic rings. The van der Waals surface area contributed by atoms with E-state index in [4.69, 9.17) is 4.74 Å². The highest BCUT2D eigenvalue weighted by Crippen LogP contribution is 2.18. The number of hydrogen-bond donors (Lipinski definition) is 2. The maximum atomic E-state index is 12.1. The summed E-state index contributed by atoms with van der Waals surface area (Å²) < 4.78 is 33.4. The molecule has 0 spiro atoms. The van der Waals surface area contributed by atoms with Gasteiger partial charge in [-0.1, -0.05) is 0 Å². The molecule has 110 valence electrons. The van der Waals surface area contributed by atoms with Crippen molar-refractivity contribution in [2.45, 2.75) is 44.4 Å². The quantitative estimate of drug-likeness (QED) is 0.781. The highest BCUT2D eigenvalue weighted by Gasteiger charge is 2.19. The largest absolute Gasteiger partial charge is 0.390 e. The van der Waals surface area contributed by atoms with Crippen molar-refractivity contribution in [3.8, 4) is 0 Å². The predicted molar refractivity (Wildman–Crippen MR) is 72.4 cm³/mol. The fourth-order valence-corrected chi connectivity index (χ4v) is 2.81. The van der Waals surface area contributed by atoms with E-state index in [0.29, 0.717) is 5.69 Å². The van der Waals surface area contributed by atoms with Gasteiger partial charge >= 0.3 is 0 Å². The third-order valence-corrected chi connectivity index (χ3v) is 4.29. The molecule has 0 aromatic carbocycles. The summed E-state index contributed by atoms with van der Waals surface area (Å²) in [6.07, 6.45) is 1.34. The summed E-state index contributed by atoms with van der Waals surface area (Å²) in [4.78, 5) is 0.161. The van der Waals surface area contributed by atoms with Gasteiger partial charge in [-0.25, -0.2) is 13.1 Å². The second-order valence-corrected chi connectivity index (χ2v) is 6.49. The lowest BCUT2D eigenvalue weighted by Gasteiger charge is -2.11. The smallest absolute Gasteiger partial charge is 0.242 e. The van der Waals surface area contributed by atoms with Crippen LogP contribution in [0.4, 0.5) is 0 Å². The third kappa shape index (κ3) is 4.04. The average molecular weight is 290 g/mol. The monoisotopic (exact) mass is 290 g/mol. The number of nitrogens with zero attached hydrogens (tertiary/aromatic N) is 1. The van der Waals surface area contributed by atoms with Gasteiger partial charge in [-0.15, -0.1) is 0 Å². The number of hydrogen-bond acceptors (Lipinski definition) is 4. The van der Waals surface area contributed by atoms with Crippen LogP contribution >= 0.6 is 0 Å². The van der Waals surface area contributed by atoms with Gasteiger partial charge in [0.15, 0.2) is 0 Å². The van der Waals surface area contributed by atoms with Crippen LogP contribution in [0.2, 0.25) is 0 Å². The van der Waals surface area contributed by atoms with Gasteiger partial charge in [0.05, 0.1) is 17.6 Å². The summed E-state index contributed by atoms with van der Waals surface area (Å²) in [7, 11) is -2.05. The van der Waals surface area contributed by atoms with Gasteiger partial charge in [-0.05, 0) is 26.8 Å². The van der Waals surface area contributed by atoms with Crippen LogP contribution in [0.25, 0.3) is 0 Å². The summed E-state index contributed by atoms with van der Waals surface area (Å²) in [5.74, 6) is 0. The highest BCUT2D eigenvalue weighted by molar-refractivity contribution is 7.89. The summed E-state index contributed by atoms with van der Waals surface area (Å²) in [6.45, 7) is 5.65. The zero-order valence-electron chi connectivity index (χ0n) is 11.8. The van der Waals surface area contributed by atoms with Gasteiger partial charge < -0.3 is 14.4 Å². The molecular formula is C12H22N2O4S. The van der Waals surface area contributed by atoms with Crippen molar-refractivity contribution in [2.24, 2.45) is 0 Å². The van der Waals surface area contributed by atoms with E-state index < -0.39 is 10.0 Å². The molecule has 7 heteroatoms. The van der Waals surface area contributed by atoms with E-state index in [2.05, 4.69) is 4.72 Å². The van der Waals surface area contributed by atoms with Gasteiger partial charge in [-0.2, -0.15) is 0 Å². The van der Waals surface area contributed by atoms with E-state index in [9.17, 15) is 13.5 Å². The Morgan fingerprint density at radius 2 is 2.05 bits per heavy atom. The molecule has 2 N–H and O–H groups in total. The Balaban J connectivity index is 2.95. The molecule has 0 fully saturated rings. The van der Waals surface area contributed by atoms with E-state index in [1.807, 2.05) is 13.8 Å². The minimum Gasteiger partial charge on any atom is -0.390 e. The van der Waals surface area contributed by atoms with Crippen molar-refractivity contribution in [1.82, 2.24) is 9.29 Å².